The zero-order valence-electron chi connectivity index (χ0n) is 10.3. The summed E-state index contributed by atoms with van der Waals surface area (Å²) in [5.41, 5.74) is 4.18. The second-order valence-corrected chi connectivity index (χ2v) is 4.27. The monoisotopic (exact) mass is 231 g/mol. The van der Waals surface area contributed by atoms with Crippen LogP contribution in [0, 0.1) is 13.8 Å². The van der Waals surface area contributed by atoms with Crippen LogP contribution in [0.2, 0.25) is 0 Å². The molecule has 2 rings (SSSR count). The summed E-state index contributed by atoms with van der Waals surface area (Å²) >= 11 is 0. The van der Waals surface area contributed by atoms with Gasteiger partial charge in [-0.1, -0.05) is 12.1 Å². The van der Waals surface area contributed by atoms with E-state index in [9.17, 15) is 5.11 Å². The Morgan fingerprint density at radius 1 is 1.24 bits per heavy atom. The van der Waals surface area contributed by atoms with Crippen LogP contribution in [-0.2, 0) is 0 Å². The van der Waals surface area contributed by atoms with E-state index in [-0.39, 0.29) is 11.8 Å². The summed E-state index contributed by atoms with van der Waals surface area (Å²) in [5.74, 6) is 0.289. The minimum atomic E-state index is 0.172. The van der Waals surface area contributed by atoms with Crippen LogP contribution in [0.3, 0.4) is 0 Å². The summed E-state index contributed by atoms with van der Waals surface area (Å²) in [6, 6.07) is 7.39. The quantitative estimate of drug-likeness (QED) is 0.761. The van der Waals surface area contributed by atoms with E-state index in [0.717, 1.165) is 22.6 Å². The Balaban J connectivity index is 2.17. The molecule has 90 valence electrons. The van der Waals surface area contributed by atoms with E-state index in [1.54, 1.807) is 12.1 Å². The first-order valence-electron chi connectivity index (χ1n) is 5.65. The molecular formula is C13H17N3O. The maximum Gasteiger partial charge on any atom is 0.115 e. The summed E-state index contributed by atoms with van der Waals surface area (Å²) in [5, 5.41) is 19.8. The molecule has 0 aliphatic carbocycles. The minimum Gasteiger partial charge on any atom is -0.508 e. The van der Waals surface area contributed by atoms with E-state index in [1.807, 2.05) is 26.0 Å². The van der Waals surface area contributed by atoms with E-state index >= 15 is 0 Å². The Morgan fingerprint density at radius 2 is 1.88 bits per heavy atom. The SMILES string of the molecule is Cc1n[nH]c(C)c1NC(C)c1ccc(O)cc1. The Morgan fingerprint density at radius 3 is 2.41 bits per heavy atom. The Bertz CT molecular complexity index is 482. The molecule has 0 aliphatic heterocycles. The van der Waals surface area contributed by atoms with Gasteiger partial charge in [-0.3, -0.25) is 5.10 Å². The second kappa shape index (κ2) is 4.49. The molecule has 0 aliphatic rings. The summed E-state index contributed by atoms with van der Waals surface area (Å²) in [7, 11) is 0. The molecule has 3 N–H and O–H groups in total. The summed E-state index contributed by atoms with van der Waals surface area (Å²) in [6.07, 6.45) is 0. The average molecular weight is 231 g/mol. The number of H-pyrrole nitrogens is 1. The number of aromatic amines is 1. The number of nitrogens with one attached hydrogen (secondary N) is 2. The number of phenolic OH excluding ortho intramolecular Hbond substituents is 1. The molecular weight excluding hydrogens is 214 g/mol. The van der Waals surface area contributed by atoms with Crippen LogP contribution in [0.4, 0.5) is 5.69 Å². The molecule has 0 amide bonds. The molecule has 1 atom stereocenters. The third-order valence-electron chi connectivity index (χ3n) is 2.88. The number of phenols is 1. The third-order valence-corrected chi connectivity index (χ3v) is 2.88. The van der Waals surface area contributed by atoms with Crippen molar-refractivity contribution in [2.75, 3.05) is 5.32 Å². The van der Waals surface area contributed by atoms with E-state index in [4.69, 9.17) is 0 Å². The van der Waals surface area contributed by atoms with E-state index in [2.05, 4.69) is 22.4 Å². The van der Waals surface area contributed by atoms with Gasteiger partial charge in [0.1, 0.15) is 5.75 Å². The van der Waals surface area contributed by atoms with Gasteiger partial charge in [0, 0.05) is 6.04 Å². The standard InChI is InChI=1S/C13H17N3O/c1-8(11-4-6-12(17)7-5-11)14-13-9(2)15-16-10(13)3/h4-8,14,17H,1-3H3,(H,15,16). The highest BCUT2D eigenvalue weighted by Gasteiger charge is 2.10. The minimum absolute atomic E-state index is 0.172. The van der Waals surface area contributed by atoms with Crippen LogP contribution < -0.4 is 5.32 Å². The maximum absolute atomic E-state index is 9.25. The molecule has 2 aromatic rings. The van der Waals surface area contributed by atoms with Gasteiger partial charge in [0.25, 0.3) is 0 Å². The Kier molecular flexibility index (Phi) is 3.04. The largest absolute Gasteiger partial charge is 0.508 e. The zero-order chi connectivity index (χ0) is 12.4. The average Bonchev–Trinajstić information content (AvgIpc) is 2.61. The van der Waals surface area contributed by atoms with Crippen LogP contribution in [0.25, 0.3) is 0 Å². The normalized spacial score (nSPS) is 12.4. The van der Waals surface area contributed by atoms with Crippen molar-refractivity contribution in [2.24, 2.45) is 0 Å². The Labute approximate surface area is 101 Å². The van der Waals surface area contributed by atoms with Gasteiger partial charge in [0.15, 0.2) is 0 Å². The predicted octanol–water partition coefficient (Wildman–Crippen LogP) is 2.91. The van der Waals surface area contributed by atoms with Crippen molar-refractivity contribution >= 4 is 5.69 Å². The Hall–Kier alpha value is -1.97. The van der Waals surface area contributed by atoms with Crippen LogP contribution in [0.15, 0.2) is 24.3 Å². The molecule has 0 spiro atoms. The number of hydrogen-bond donors (Lipinski definition) is 3. The highest BCUT2D eigenvalue weighted by molar-refractivity contribution is 5.53. The number of anilines is 1. The summed E-state index contributed by atoms with van der Waals surface area (Å²) in [4.78, 5) is 0. The molecule has 0 fully saturated rings. The van der Waals surface area contributed by atoms with Crippen molar-refractivity contribution < 1.29 is 5.11 Å². The van der Waals surface area contributed by atoms with Crippen LogP contribution in [0.5, 0.6) is 5.75 Å². The van der Waals surface area contributed by atoms with Gasteiger partial charge in [0.2, 0.25) is 0 Å². The van der Waals surface area contributed by atoms with Gasteiger partial charge in [-0.25, -0.2) is 0 Å². The van der Waals surface area contributed by atoms with Gasteiger partial charge < -0.3 is 10.4 Å². The fourth-order valence-corrected chi connectivity index (χ4v) is 1.83. The topological polar surface area (TPSA) is 60.9 Å². The zero-order valence-corrected chi connectivity index (χ0v) is 10.3. The fourth-order valence-electron chi connectivity index (χ4n) is 1.83. The van der Waals surface area contributed by atoms with Crippen molar-refractivity contribution in [1.82, 2.24) is 10.2 Å². The number of aromatic hydroxyl groups is 1. The van der Waals surface area contributed by atoms with Crippen molar-refractivity contribution in [3.8, 4) is 5.75 Å². The van der Waals surface area contributed by atoms with Crippen LogP contribution in [0.1, 0.15) is 29.9 Å². The van der Waals surface area contributed by atoms with Crippen molar-refractivity contribution in [3.63, 3.8) is 0 Å². The first kappa shape index (κ1) is 11.5. The maximum atomic E-state index is 9.25. The molecule has 1 heterocycles. The first-order valence-corrected chi connectivity index (χ1v) is 5.65. The van der Waals surface area contributed by atoms with Crippen molar-refractivity contribution in [3.05, 3.63) is 41.2 Å². The van der Waals surface area contributed by atoms with E-state index in [1.165, 1.54) is 0 Å². The van der Waals surface area contributed by atoms with Crippen LogP contribution in [-0.4, -0.2) is 15.3 Å². The van der Waals surface area contributed by atoms with Crippen molar-refractivity contribution in [1.29, 1.82) is 0 Å². The van der Waals surface area contributed by atoms with Gasteiger partial charge in [-0.2, -0.15) is 5.10 Å². The van der Waals surface area contributed by atoms with Gasteiger partial charge in [-0.05, 0) is 38.5 Å². The molecule has 1 unspecified atom stereocenters. The van der Waals surface area contributed by atoms with Gasteiger partial charge >= 0.3 is 0 Å². The molecule has 1 aromatic heterocycles. The fraction of sp³-hybridized carbons (Fsp3) is 0.308. The molecule has 0 saturated carbocycles. The molecule has 0 bridgehead atoms. The molecule has 0 radical (unpaired) electrons. The lowest BCUT2D eigenvalue weighted by molar-refractivity contribution is 0.475. The highest BCUT2D eigenvalue weighted by Crippen LogP contribution is 2.24. The molecule has 0 saturated heterocycles. The first-order chi connectivity index (χ1) is 8.08. The number of benzene rings is 1. The summed E-state index contributed by atoms with van der Waals surface area (Å²) < 4.78 is 0. The third kappa shape index (κ3) is 2.41. The van der Waals surface area contributed by atoms with Crippen molar-refractivity contribution in [2.45, 2.75) is 26.8 Å². The number of nitrogens with zero attached hydrogens (tertiary/aromatic N) is 1. The second-order valence-electron chi connectivity index (χ2n) is 4.27. The number of rotatable bonds is 3. The lowest BCUT2D eigenvalue weighted by atomic mass is 10.1. The van der Waals surface area contributed by atoms with E-state index in [0.29, 0.717) is 0 Å². The predicted molar refractivity (Wildman–Crippen MR) is 68.2 cm³/mol. The molecule has 17 heavy (non-hydrogen) atoms. The summed E-state index contributed by atoms with van der Waals surface area (Å²) in [6.45, 7) is 6.04. The highest BCUT2D eigenvalue weighted by atomic mass is 16.3. The van der Waals surface area contributed by atoms with Gasteiger partial charge in [-0.15, -0.1) is 0 Å². The number of hydrogen-bond acceptors (Lipinski definition) is 3. The van der Waals surface area contributed by atoms with E-state index < -0.39 is 0 Å². The lowest BCUT2D eigenvalue weighted by Crippen LogP contribution is -2.07. The smallest absolute Gasteiger partial charge is 0.115 e. The van der Waals surface area contributed by atoms with Gasteiger partial charge in [0.05, 0.1) is 17.1 Å². The number of aromatic nitrogens is 2. The molecule has 4 nitrogen and oxygen atoms in total. The lowest BCUT2D eigenvalue weighted by Gasteiger charge is -2.15. The molecule has 4 heteroatoms. The molecule has 1 aromatic carbocycles. The van der Waals surface area contributed by atoms with Crippen LogP contribution >= 0.6 is 0 Å². The number of aryl methyl sites for hydroxylation is 2.